The standard InChI is InChI=1S/C16H16N4O/c1-2-13-15(11-8-9-14(21)18-10-11)19-20(16(13)17)12-6-4-3-5-7-12/h3-10H,2,17H2,1H3,(H,18,21). The van der Waals surface area contributed by atoms with Crippen molar-refractivity contribution in [3.05, 3.63) is 64.6 Å². The van der Waals surface area contributed by atoms with E-state index in [0.29, 0.717) is 5.82 Å². The van der Waals surface area contributed by atoms with Crippen LogP contribution in [0, 0.1) is 0 Å². The topological polar surface area (TPSA) is 76.7 Å². The first kappa shape index (κ1) is 13.2. The average Bonchev–Trinajstić information content (AvgIpc) is 2.85. The SMILES string of the molecule is CCc1c(-c2ccc(=O)[nH]c2)nn(-c2ccccc2)c1N. The highest BCUT2D eigenvalue weighted by Gasteiger charge is 2.16. The summed E-state index contributed by atoms with van der Waals surface area (Å²) in [5, 5.41) is 4.62. The van der Waals surface area contributed by atoms with E-state index in [4.69, 9.17) is 5.73 Å². The summed E-state index contributed by atoms with van der Waals surface area (Å²) in [5.74, 6) is 0.630. The summed E-state index contributed by atoms with van der Waals surface area (Å²) in [5.41, 5.74) is 9.66. The fraction of sp³-hybridized carbons (Fsp3) is 0.125. The molecule has 5 heteroatoms. The van der Waals surface area contributed by atoms with E-state index >= 15 is 0 Å². The second kappa shape index (κ2) is 5.28. The number of hydrogen-bond donors (Lipinski definition) is 2. The minimum atomic E-state index is -0.132. The van der Waals surface area contributed by atoms with Crippen molar-refractivity contribution in [1.29, 1.82) is 0 Å². The molecule has 0 radical (unpaired) electrons. The number of anilines is 1. The molecule has 5 nitrogen and oxygen atoms in total. The molecular formula is C16H16N4O. The number of nitrogens with zero attached hydrogens (tertiary/aromatic N) is 2. The number of benzene rings is 1. The van der Waals surface area contributed by atoms with E-state index in [-0.39, 0.29) is 5.56 Å². The third-order valence-electron chi connectivity index (χ3n) is 3.44. The predicted molar refractivity (Wildman–Crippen MR) is 83.4 cm³/mol. The van der Waals surface area contributed by atoms with Crippen molar-refractivity contribution in [2.75, 3.05) is 5.73 Å². The maximum Gasteiger partial charge on any atom is 0.247 e. The van der Waals surface area contributed by atoms with Gasteiger partial charge in [-0.25, -0.2) is 4.68 Å². The van der Waals surface area contributed by atoms with Crippen molar-refractivity contribution in [3.63, 3.8) is 0 Å². The number of aromatic amines is 1. The van der Waals surface area contributed by atoms with Crippen molar-refractivity contribution in [3.8, 4) is 16.9 Å². The van der Waals surface area contributed by atoms with Crippen LogP contribution in [0.2, 0.25) is 0 Å². The number of rotatable bonds is 3. The van der Waals surface area contributed by atoms with Crippen LogP contribution in [-0.2, 0) is 6.42 Å². The zero-order chi connectivity index (χ0) is 14.8. The van der Waals surface area contributed by atoms with E-state index in [1.807, 2.05) is 37.3 Å². The lowest BCUT2D eigenvalue weighted by Crippen LogP contribution is -2.02. The lowest BCUT2D eigenvalue weighted by Gasteiger charge is -2.03. The highest BCUT2D eigenvalue weighted by Crippen LogP contribution is 2.28. The third kappa shape index (κ3) is 2.33. The molecule has 0 aliphatic heterocycles. The van der Waals surface area contributed by atoms with Crippen LogP contribution in [0.3, 0.4) is 0 Å². The third-order valence-corrected chi connectivity index (χ3v) is 3.44. The molecule has 3 rings (SSSR count). The Morgan fingerprint density at radius 3 is 2.57 bits per heavy atom. The van der Waals surface area contributed by atoms with Crippen molar-refractivity contribution in [2.24, 2.45) is 0 Å². The van der Waals surface area contributed by atoms with Gasteiger partial charge in [0.1, 0.15) is 5.82 Å². The van der Waals surface area contributed by atoms with Crippen LogP contribution < -0.4 is 11.3 Å². The number of pyridine rings is 1. The van der Waals surface area contributed by atoms with Gasteiger partial charge in [0.15, 0.2) is 0 Å². The van der Waals surface area contributed by atoms with E-state index < -0.39 is 0 Å². The predicted octanol–water partition coefficient (Wildman–Crippen LogP) is 2.37. The smallest absolute Gasteiger partial charge is 0.247 e. The quantitative estimate of drug-likeness (QED) is 0.773. The number of para-hydroxylation sites is 1. The Morgan fingerprint density at radius 1 is 1.19 bits per heavy atom. The lowest BCUT2D eigenvalue weighted by molar-refractivity contribution is 0.894. The first-order valence-electron chi connectivity index (χ1n) is 6.82. The monoisotopic (exact) mass is 280 g/mol. The summed E-state index contributed by atoms with van der Waals surface area (Å²) < 4.78 is 1.74. The van der Waals surface area contributed by atoms with E-state index in [9.17, 15) is 4.79 Å². The molecule has 0 unspecified atom stereocenters. The van der Waals surface area contributed by atoms with Gasteiger partial charge in [-0.05, 0) is 24.6 Å². The number of nitrogen functional groups attached to an aromatic ring is 1. The zero-order valence-electron chi connectivity index (χ0n) is 11.7. The molecule has 0 bridgehead atoms. The van der Waals surface area contributed by atoms with E-state index in [2.05, 4.69) is 10.1 Å². The van der Waals surface area contributed by atoms with Gasteiger partial charge in [0.05, 0.1) is 11.4 Å². The van der Waals surface area contributed by atoms with Gasteiger partial charge in [-0.3, -0.25) is 4.79 Å². The fourth-order valence-corrected chi connectivity index (χ4v) is 2.37. The summed E-state index contributed by atoms with van der Waals surface area (Å²) in [7, 11) is 0. The summed E-state index contributed by atoms with van der Waals surface area (Å²) >= 11 is 0. The normalized spacial score (nSPS) is 10.7. The molecule has 3 N–H and O–H groups in total. The number of H-pyrrole nitrogens is 1. The second-order valence-electron chi connectivity index (χ2n) is 4.75. The summed E-state index contributed by atoms with van der Waals surface area (Å²) in [6, 6.07) is 13.0. The molecule has 3 aromatic rings. The lowest BCUT2D eigenvalue weighted by atomic mass is 10.1. The van der Waals surface area contributed by atoms with Crippen LogP contribution in [0.25, 0.3) is 16.9 Å². The molecule has 1 aromatic carbocycles. The molecule has 0 spiro atoms. The highest BCUT2D eigenvalue weighted by atomic mass is 16.1. The molecular weight excluding hydrogens is 264 g/mol. The van der Waals surface area contributed by atoms with Crippen molar-refractivity contribution < 1.29 is 0 Å². The second-order valence-corrected chi connectivity index (χ2v) is 4.75. The van der Waals surface area contributed by atoms with Gasteiger partial charge in [0, 0.05) is 23.4 Å². The summed E-state index contributed by atoms with van der Waals surface area (Å²) in [6.07, 6.45) is 2.44. The van der Waals surface area contributed by atoms with Gasteiger partial charge in [-0.2, -0.15) is 5.10 Å². The van der Waals surface area contributed by atoms with Crippen LogP contribution in [0.5, 0.6) is 0 Å². The minimum Gasteiger partial charge on any atom is -0.383 e. The first-order chi connectivity index (χ1) is 10.2. The van der Waals surface area contributed by atoms with Gasteiger partial charge in [-0.1, -0.05) is 25.1 Å². The number of nitrogens with one attached hydrogen (secondary N) is 1. The van der Waals surface area contributed by atoms with Crippen molar-refractivity contribution in [1.82, 2.24) is 14.8 Å². The van der Waals surface area contributed by atoms with Crippen LogP contribution >= 0.6 is 0 Å². The number of nitrogens with two attached hydrogens (primary N) is 1. The Hall–Kier alpha value is -2.82. The van der Waals surface area contributed by atoms with Crippen LogP contribution in [0.4, 0.5) is 5.82 Å². The van der Waals surface area contributed by atoms with Gasteiger partial charge < -0.3 is 10.7 Å². The molecule has 2 heterocycles. The Kier molecular flexibility index (Phi) is 3.31. The molecule has 0 aliphatic rings. The molecule has 0 aliphatic carbocycles. The summed E-state index contributed by atoms with van der Waals surface area (Å²) in [6.45, 7) is 2.04. The van der Waals surface area contributed by atoms with Gasteiger partial charge in [0.2, 0.25) is 5.56 Å². The number of aromatic nitrogens is 3. The first-order valence-corrected chi connectivity index (χ1v) is 6.82. The van der Waals surface area contributed by atoms with E-state index in [1.54, 1.807) is 16.9 Å². The minimum absolute atomic E-state index is 0.132. The maximum atomic E-state index is 11.2. The van der Waals surface area contributed by atoms with Gasteiger partial charge in [0.25, 0.3) is 0 Å². The Bertz CT molecular complexity index is 798. The van der Waals surface area contributed by atoms with Crippen LogP contribution in [0.15, 0.2) is 53.5 Å². The Morgan fingerprint density at radius 2 is 1.95 bits per heavy atom. The van der Waals surface area contributed by atoms with E-state index in [1.165, 1.54) is 6.07 Å². The Balaban J connectivity index is 2.18. The molecule has 106 valence electrons. The molecule has 0 saturated heterocycles. The molecule has 2 aromatic heterocycles. The molecule has 0 saturated carbocycles. The molecule has 0 atom stereocenters. The zero-order valence-corrected chi connectivity index (χ0v) is 11.7. The Labute approximate surface area is 122 Å². The largest absolute Gasteiger partial charge is 0.383 e. The van der Waals surface area contributed by atoms with Crippen LogP contribution in [-0.4, -0.2) is 14.8 Å². The highest BCUT2D eigenvalue weighted by molar-refractivity contribution is 5.69. The number of hydrogen-bond acceptors (Lipinski definition) is 3. The molecule has 0 amide bonds. The van der Waals surface area contributed by atoms with E-state index in [0.717, 1.165) is 28.9 Å². The average molecular weight is 280 g/mol. The van der Waals surface area contributed by atoms with Gasteiger partial charge >= 0.3 is 0 Å². The van der Waals surface area contributed by atoms with Gasteiger partial charge in [-0.15, -0.1) is 0 Å². The molecule has 21 heavy (non-hydrogen) atoms. The summed E-state index contributed by atoms with van der Waals surface area (Å²) in [4.78, 5) is 13.9. The molecule has 0 fully saturated rings. The van der Waals surface area contributed by atoms with Crippen molar-refractivity contribution in [2.45, 2.75) is 13.3 Å². The van der Waals surface area contributed by atoms with Crippen LogP contribution in [0.1, 0.15) is 12.5 Å². The maximum absolute atomic E-state index is 11.2. The fourth-order valence-electron chi connectivity index (χ4n) is 2.37. The van der Waals surface area contributed by atoms with Crippen molar-refractivity contribution >= 4 is 5.82 Å².